The van der Waals surface area contributed by atoms with Crippen LogP contribution in [0.3, 0.4) is 0 Å². The first-order valence-corrected chi connectivity index (χ1v) is 12.4. The number of carbonyl (C=O) groups is 2. The number of aromatic hydroxyl groups is 1. The molecule has 1 aliphatic heterocycles. The van der Waals surface area contributed by atoms with Crippen molar-refractivity contribution < 1.29 is 34.1 Å². The topological polar surface area (TPSA) is 170 Å². The highest BCUT2D eigenvalue weighted by Gasteiger charge is 2.28. The summed E-state index contributed by atoms with van der Waals surface area (Å²) in [6, 6.07) is 9.22. The number of allylic oxidation sites excluding steroid dienone is 1. The summed E-state index contributed by atoms with van der Waals surface area (Å²) in [5, 5.41) is 33.7. The number of nitrogens with one attached hydrogen (secondary N) is 2. The number of anilines is 3. The zero-order chi connectivity index (χ0) is 29.2. The minimum absolute atomic E-state index is 0.0214. The number of fused-ring (bicyclic) bond motifs is 1. The summed E-state index contributed by atoms with van der Waals surface area (Å²) >= 11 is 0. The number of hydrogen-bond donors (Lipinski definition) is 5. The van der Waals surface area contributed by atoms with Crippen molar-refractivity contribution in [3.05, 3.63) is 59.0 Å². The number of aliphatic hydroxyl groups is 1. The standard InChI is InChI=1S/C26H29N5O5.C2H4O2/c1-16-13-18(27-9-11-32)6-7-20(16)30-25-22(26(34)35-12-10-31(2)3)23(33)21(36-25)14-17-15-29-24-19(17)5-4-8-28-24;1-2(3)4/h4-8,13-15,27,30,32-33H,9-12H2,1-3H3;1H3,(H,3,4). The van der Waals surface area contributed by atoms with Crippen LogP contribution in [0.5, 0.6) is 5.75 Å². The fraction of sp³-hybridized carbons (Fsp3) is 0.286. The Bertz CT molecular complexity index is 1410. The van der Waals surface area contributed by atoms with E-state index in [2.05, 4.69) is 20.6 Å². The van der Waals surface area contributed by atoms with Crippen LogP contribution in [0.4, 0.5) is 23.1 Å². The lowest BCUT2D eigenvalue weighted by atomic mass is 10.1. The minimum Gasteiger partial charge on any atom is -0.504 e. The molecule has 212 valence electrons. The van der Waals surface area contributed by atoms with Crippen molar-refractivity contribution in [1.29, 1.82) is 0 Å². The van der Waals surface area contributed by atoms with Crippen LogP contribution in [0.1, 0.15) is 34.2 Å². The van der Waals surface area contributed by atoms with Crippen LogP contribution in [-0.2, 0) is 9.53 Å². The summed E-state index contributed by atoms with van der Waals surface area (Å²) in [7, 11) is 3.75. The first-order chi connectivity index (χ1) is 19.1. The minimum atomic E-state index is -0.833. The quantitative estimate of drug-likeness (QED) is 0.232. The number of aliphatic carboxylic acids is 1. The third kappa shape index (κ3) is 7.91. The number of furan rings is 1. The molecule has 1 aromatic carbocycles. The number of ether oxygens (including phenoxy) is 1. The van der Waals surface area contributed by atoms with Crippen LogP contribution in [-0.4, -0.2) is 83.8 Å². The molecule has 3 aromatic rings. The van der Waals surface area contributed by atoms with E-state index in [9.17, 15) is 9.90 Å². The Morgan fingerprint density at radius 2 is 1.98 bits per heavy atom. The molecule has 40 heavy (non-hydrogen) atoms. The van der Waals surface area contributed by atoms with Crippen LogP contribution in [0.25, 0.3) is 11.6 Å². The third-order valence-electron chi connectivity index (χ3n) is 5.51. The number of carboxylic acid groups (broad SMARTS) is 1. The van der Waals surface area contributed by atoms with E-state index in [0.717, 1.165) is 23.7 Å². The van der Waals surface area contributed by atoms with Gasteiger partial charge in [-0.05, 0) is 63.0 Å². The van der Waals surface area contributed by atoms with E-state index in [1.165, 1.54) is 0 Å². The molecule has 12 nitrogen and oxygen atoms in total. The molecule has 0 amide bonds. The number of aliphatic imine (C=N–C) groups is 1. The van der Waals surface area contributed by atoms with Crippen LogP contribution >= 0.6 is 0 Å². The van der Waals surface area contributed by atoms with Crippen molar-refractivity contribution in [2.45, 2.75) is 13.8 Å². The zero-order valence-electron chi connectivity index (χ0n) is 22.8. The third-order valence-corrected chi connectivity index (χ3v) is 5.51. The molecule has 4 rings (SSSR count). The Morgan fingerprint density at radius 3 is 2.65 bits per heavy atom. The van der Waals surface area contributed by atoms with Crippen LogP contribution < -0.4 is 10.6 Å². The van der Waals surface area contributed by atoms with Gasteiger partial charge in [0.15, 0.2) is 22.9 Å². The van der Waals surface area contributed by atoms with E-state index in [0.29, 0.717) is 30.2 Å². The highest BCUT2D eigenvalue weighted by atomic mass is 16.5. The van der Waals surface area contributed by atoms with Gasteiger partial charge in [0.1, 0.15) is 6.61 Å². The van der Waals surface area contributed by atoms with Gasteiger partial charge in [-0.1, -0.05) is 0 Å². The first kappa shape index (κ1) is 29.9. The molecule has 1 aliphatic rings. The van der Waals surface area contributed by atoms with Crippen molar-refractivity contribution in [2.75, 3.05) is 51.0 Å². The number of likely N-dealkylation sites (N-methyl/N-ethyl adjacent to an activating group) is 1. The number of esters is 1. The van der Waals surface area contributed by atoms with E-state index in [1.54, 1.807) is 24.6 Å². The molecule has 5 N–H and O–H groups in total. The number of carbonyl (C=O) groups excluding carboxylic acids is 1. The lowest BCUT2D eigenvalue weighted by molar-refractivity contribution is -0.134. The van der Waals surface area contributed by atoms with Crippen LogP contribution in [0, 0.1) is 6.92 Å². The monoisotopic (exact) mass is 551 g/mol. The van der Waals surface area contributed by atoms with Gasteiger partial charge in [-0.15, -0.1) is 0 Å². The molecule has 0 bridgehead atoms. The van der Waals surface area contributed by atoms with Gasteiger partial charge in [0.25, 0.3) is 5.97 Å². The molecule has 0 aliphatic carbocycles. The number of carboxylic acids is 1. The number of nitrogens with zero attached hydrogens (tertiary/aromatic N) is 3. The number of aromatic nitrogens is 1. The molecule has 0 spiro atoms. The lowest BCUT2D eigenvalue weighted by Gasteiger charge is -2.12. The molecule has 3 heterocycles. The summed E-state index contributed by atoms with van der Waals surface area (Å²) in [4.78, 5) is 32.4. The van der Waals surface area contributed by atoms with Gasteiger partial charge >= 0.3 is 5.97 Å². The van der Waals surface area contributed by atoms with E-state index in [4.69, 9.17) is 24.2 Å². The van der Waals surface area contributed by atoms with Gasteiger partial charge in [-0.3, -0.25) is 4.79 Å². The molecule has 0 atom stereocenters. The number of hydrogen-bond acceptors (Lipinski definition) is 11. The zero-order valence-corrected chi connectivity index (χ0v) is 22.8. The predicted molar refractivity (Wildman–Crippen MR) is 153 cm³/mol. The van der Waals surface area contributed by atoms with Gasteiger partial charge in [-0.25, -0.2) is 14.8 Å². The predicted octanol–water partition coefficient (Wildman–Crippen LogP) is 3.90. The van der Waals surface area contributed by atoms with E-state index < -0.39 is 11.9 Å². The number of benzene rings is 1. The number of rotatable bonds is 10. The van der Waals surface area contributed by atoms with E-state index >= 15 is 0 Å². The fourth-order valence-corrected chi connectivity index (χ4v) is 3.63. The molecule has 2 aromatic heterocycles. The van der Waals surface area contributed by atoms with Gasteiger partial charge in [0, 0.05) is 54.9 Å². The lowest BCUT2D eigenvalue weighted by Crippen LogP contribution is -2.20. The normalized spacial score (nSPS) is 12.6. The van der Waals surface area contributed by atoms with Crippen molar-refractivity contribution in [1.82, 2.24) is 9.88 Å². The number of aliphatic hydroxyl groups excluding tert-OH is 1. The molecule has 0 radical (unpaired) electrons. The highest BCUT2D eigenvalue weighted by Crippen LogP contribution is 2.40. The molecule has 12 heteroatoms. The summed E-state index contributed by atoms with van der Waals surface area (Å²) in [5.41, 5.74) is 3.77. The van der Waals surface area contributed by atoms with Crippen molar-refractivity contribution >= 4 is 52.9 Å². The molecule has 0 saturated carbocycles. The average molecular weight is 552 g/mol. The van der Waals surface area contributed by atoms with Gasteiger partial charge < -0.3 is 40.0 Å². The Kier molecular flexibility index (Phi) is 10.4. The second-order valence-electron chi connectivity index (χ2n) is 9.01. The molecule has 0 fully saturated rings. The maximum atomic E-state index is 13.0. The van der Waals surface area contributed by atoms with Crippen LogP contribution in [0.15, 0.2) is 45.9 Å². The average Bonchev–Trinajstić information content (AvgIpc) is 3.44. The second kappa shape index (κ2) is 13.9. The molecular formula is C28H33N5O7. The Morgan fingerprint density at radius 1 is 1.23 bits per heavy atom. The smallest absolute Gasteiger partial charge is 0.347 e. The van der Waals surface area contributed by atoms with Gasteiger partial charge in [0.05, 0.1) is 6.61 Å². The molecule has 0 unspecified atom stereocenters. The molecular weight excluding hydrogens is 518 g/mol. The van der Waals surface area contributed by atoms with E-state index in [-0.39, 0.29) is 36.2 Å². The largest absolute Gasteiger partial charge is 0.504 e. The molecule has 0 saturated heterocycles. The maximum absolute atomic E-state index is 13.0. The summed E-state index contributed by atoms with van der Waals surface area (Å²) in [6.07, 6.45) is 4.90. The van der Waals surface area contributed by atoms with Gasteiger partial charge in [-0.2, -0.15) is 0 Å². The van der Waals surface area contributed by atoms with Crippen molar-refractivity contribution in [3.8, 4) is 5.75 Å². The Balaban J connectivity index is 0.00000103. The summed E-state index contributed by atoms with van der Waals surface area (Å²) in [6.45, 7) is 4.12. The number of pyridine rings is 1. The summed E-state index contributed by atoms with van der Waals surface area (Å²) < 4.78 is 11.3. The van der Waals surface area contributed by atoms with Gasteiger partial charge in [0.2, 0.25) is 5.88 Å². The maximum Gasteiger partial charge on any atom is 0.347 e. The Labute approximate surface area is 231 Å². The fourth-order valence-electron chi connectivity index (χ4n) is 3.63. The van der Waals surface area contributed by atoms with Crippen molar-refractivity contribution in [2.24, 2.45) is 4.99 Å². The first-order valence-electron chi connectivity index (χ1n) is 12.4. The van der Waals surface area contributed by atoms with E-state index in [1.807, 2.05) is 50.2 Å². The Hall–Kier alpha value is -4.68. The summed E-state index contributed by atoms with van der Waals surface area (Å²) in [5.74, 6) is -1.14. The van der Waals surface area contributed by atoms with Crippen molar-refractivity contribution in [3.63, 3.8) is 0 Å². The SMILES string of the molecule is CC(=O)O.Cc1cc(NCCO)ccc1Nc1oc(C=C2C=Nc3ncccc32)c(O)c1C(=O)OCCN(C)C. The highest BCUT2D eigenvalue weighted by molar-refractivity contribution is 6.21. The van der Waals surface area contributed by atoms with Crippen LogP contribution in [0.2, 0.25) is 0 Å². The second-order valence-corrected chi connectivity index (χ2v) is 9.01. The number of aryl methyl sites for hydroxylation is 1.